The van der Waals surface area contributed by atoms with Crippen molar-refractivity contribution in [3.63, 3.8) is 0 Å². The standard InChI is InChI=1S/C22H20NOP/c1-25(24,21-15-9-4-10-16-21)23-22(20-13-7-3-8-14-20)18-17-19-11-5-2-6-12-19/h2-16,22H,1H3,(H,23,24). The molecule has 2 unspecified atom stereocenters. The van der Waals surface area contributed by atoms with Crippen LogP contribution < -0.4 is 10.4 Å². The van der Waals surface area contributed by atoms with Gasteiger partial charge in [-0.1, -0.05) is 90.7 Å². The van der Waals surface area contributed by atoms with Crippen LogP contribution in [-0.4, -0.2) is 6.66 Å². The zero-order valence-corrected chi connectivity index (χ0v) is 15.0. The molecular weight excluding hydrogens is 325 g/mol. The van der Waals surface area contributed by atoms with Crippen LogP contribution in [0.5, 0.6) is 0 Å². The van der Waals surface area contributed by atoms with Gasteiger partial charge in [0.2, 0.25) is 0 Å². The highest BCUT2D eigenvalue weighted by molar-refractivity contribution is 7.69. The summed E-state index contributed by atoms with van der Waals surface area (Å²) in [5.74, 6) is 6.43. The molecule has 0 saturated heterocycles. The van der Waals surface area contributed by atoms with Crippen molar-refractivity contribution in [2.24, 2.45) is 0 Å². The number of hydrogen-bond acceptors (Lipinski definition) is 1. The van der Waals surface area contributed by atoms with Crippen LogP contribution in [0, 0.1) is 11.8 Å². The van der Waals surface area contributed by atoms with Crippen LogP contribution in [0.3, 0.4) is 0 Å². The molecule has 3 heteroatoms. The zero-order chi connectivity index (χ0) is 17.5. The van der Waals surface area contributed by atoms with Gasteiger partial charge in [0, 0.05) is 17.5 Å². The molecule has 3 aromatic carbocycles. The van der Waals surface area contributed by atoms with E-state index in [0.717, 1.165) is 16.4 Å². The normalized spacial score (nSPS) is 14.0. The first-order valence-electron chi connectivity index (χ1n) is 8.18. The third-order valence-corrected chi connectivity index (χ3v) is 5.93. The minimum absolute atomic E-state index is 0.308. The van der Waals surface area contributed by atoms with Gasteiger partial charge in [-0.3, -0.25) is 0 Å². The first kappa shape index (κ1) is 17.2. The third-order valence-electron chi connectivity index (χ3n) is 3.89. The number of hydrogen-bond donors (Lipinski definition) is 1. The predicted molar refractivity (Wildman–Crippen MR) is 105 cm³/mol. The van der Waals surface area contributed by atoms with Gasteiger partial charge in [-0.25, -0.2) is 5.09 Å². The largest absolute Gasteiger partial charge is 0.302 e. The Balaban J connectivity index is 1.93. The van der Waals surface area contributed by atoms with Crippen LogP contribution in [0.2, 0.25) is 0 Å². The second-order valence-electron chi connectivity index (χ2n) is 5.87. The first-order valence-corrected chi connectivity index (χ1v) is 10.3. The van der Waals surface area contributed by atoms with Gasteiger partial charge in [-0.05, 0) is 17.7 Å². The maximum atomic E-state index is 13.2. The van der Waals surface area contributed by atoms with Gasteiger partial charge < -0.3 is 4.57 Å². The van der Waals surface area contributed by atoms with Crippen molar-refractivity contribution >= 4 is 12.6 Å². The van der Waals surface area contributed by atoms with Gasteiger partial charge in [0.15, 0.2) is 7.29 Å². The van der Waals surface area contributed by atoms with E-state index in [1.165, 1.54) is 0 Å². The molecule has 0 aliphatic rings. The smallest absolute Gasteiger partial charge is 0.174 e. The fourth-order valence-corrected chi connectivity index (χ4v) is 4.14. The quantitative estimate of drug-likeness (QED) is 0.553. The summed E-state index contributed by atoms with van der Waals surface area (Å²) in [7, 11) is -2.74. The molecule has 0 aliphatic heterocycles. The summed E-state index contributed by atoms with van der Waals surface area (Å²) >= 11 is 0. The van der Waals surface area contributed by atoms with E-state index in [2.05, 4.69) is 16.9 Å². The van der Waals surface area contributed by atoms with Crippen LogP contribution >= 0.6 is 7.29 Å². The maximum Gasteiger partial charge on any atom is 0.174 e. The van der Waals surface area contributed by atoms with Gasteiger partial charge in [-0.2, -0.15) is 0 Å². The molecule has 0 saturated carbocycles. The molecule has 0 amide bonds. The van der Waals surface area contributed by atoms with E-state index in [4.69, 9.17) is 0 Å². The lowest BCUT2D eigenvalue weighted by Gasteiger charge is -2.20. The Morgan fingerprint density at radius 3 is 1.92 bits per heavy atom. The van der Waals surface area contributed by atoms with Crippen LogP contribution in [0.4, 0.5) is 0 Å². The van der Waals surface area contributed by atoms with Crippen molar-refractivity contribution in [2.45, 2.75) is 6.04 Å². The molecule has 2 nitrogen and oxygen atoms in total. The highest BCUT2D eigenvalue weighted by Gasteiger charge is 2.22. The second kappa shape index (κ2) is 7.99. The van der Waals surface area contributed by atoms with Crippen LogP contribution in [0.15, 0.2) is 91.0 Å². The molecule has 3 rings (SSSR count). The fraction of sp³-hybridized carbons (Fsp3) is 0.0909. The molecule has 0 spiro atoms. The van der Waals surface area contributed by atoms with Crippen molar-refractivity contribution in [3.05, 3.63) is 102 Å². The SMILES string of the molecule is CP(=O)(NC(C#Cc1ccccc1)c1ccccc1)c1ccccc1. The van der Waals surface area contributed by atoms with Crippen molar-refractivity contribution < 1.29 is 4.57 Å². The van der Waals surface area contributed by atoms with Gasteiger partial charge in [0.05, 0.1) is 0 Å². The molecule has 0 aliphatic carbocycles. The lowest BCUT2D eigenvalue weighted by atomic mass is 10.1. The third kappa shape index (κ3) is 4.70. The lowest BCUT2D eigenvalue weighted by Crippen LogP contribution is -2.22. The van der Waals surface area contributed by atoms with Crippen molar-refractivity contribution in [1.29, 1.82) is 0 Å². The molecule has 0 radical (unpaired) electrons. The molecule has 124 valence electrons. The van der Waals surface area contributed by atoms with E-state index in [0.29, 0.717) is 0 Å². The summed E-state index contributed by atoms with van der Waals surface area (Å²) in [4.78, 5) is 0. The Labute approximate surface area is 149 Å². The molecule has 0 bridgehead atoms. The summed E-state index contributed by atoms with van der Waals surface area (Å²) in [6.07, 6.45) is 0. The number of nitrogens with one attached hydrogen (secondary N) is 1. The minimum Gasteiger partial charge on any atom is -0.302 e. The van der Waals surface area contributed by atoms with E-state index in [1.54, 1.807) is 6.66 Å². The molecule has 1 N–H and O–H groups in total. The van der Waals surface area contributed by atoms with Crippen molar-refractivity contribution in [3.8, 4) is 11.8 Å². The lowest BCUT2D eigenvalue weighted by molar-refractivity contribution is 0.572. The van der Waals surface area contributed by atoms with Crippen LogP contribution in [0.25, 0.3) is 0 Å². The Kier molecular flexibility index (Phi) is 5.51. The Hall–Kier alpha value is -2.59. The summed E-state index contributed by atoms with van der Waals surface area (Å²) < 4.78 is 13.2. The van der Waals surface area contributed by atoms with E-state index in [-0.39, 0.29) is 6.04 Å². The molecule has 0 heterocycles. The van der Waals surface area contributed by atoms with Gasteiger partial charge in [0.1, 0.15) is 6.04 Å². The van der Waals surface area contributed by atoms with E-state index in [1.807, 2.05) is 91.0 Å². The fourth-order valence-electron chi connectivity index (χ4n) is 2.55. The number of benzene rings is 3. The van der Waals surface area contributed by atoms with Gasteiger partial charge in [0.25, 0.3) is 0 Å². The minimum atomic E-state index is -2.74. The topological polar surface area (TPSA) is 29.1 Å². The Bertz CT molecular complexity index is 912. The molecule has 3 aromatic rings. The van der Waals surface area contributed by atoms with Crippen molar-refractivity contribution in [2.75, 3.05) is 6.66 Å². The van der Waals surface area contributed by atoms with Gasteiger partial charge >= 0.3 is 0 Å². The highest BCUT2D eigenvalue weighted by atomic mass is 31.2. The number of rotatable bonds is 4. The van der Waals surface area contributed by atoms with Crippen LogP contribution in [0.1, 0.15) is 17.2 Å². The Morgan fingerprint density at radius 1 is 0.800 bits per heavy atom. The van der Waals surface area contributed by atoms with E-state index in [9.17, 15) is 4.57 Å². The Morgan fingerprint density at radius 2 is 1.32 bits per heavy atom. The van der Waals surface area contributed by atoms with E-state index < -0.39 is 7.29 Å². The van der Waals surface area contributed by atoms with E-state index >= 15 is 0 Å². The summed E-state index contributed by atoms with van der Waals surface area (Å²) in [5.41, 5.74) is 1.94. The molecule has 0 aromatic heterocycles. The molecule has 0 fully saturated rings. The van der Waals surface area contributed by atoms with Crippen molar-refractivity contribution in [1.82, 2.24) is 5.09 Å². The predicted octanol–water partition coefficient (Wildman–Crippen LogP) is 4.60. The van der Waals surface area contributed by atoms with Gasteiger partial charge in [-0.15, -0.1) is 0 Å². The summed E-state index contributed by atoms with van der Waals surface area (Å²) in [6, 6.07) is 28.9. The zero-order valence-electron chi connectivity index (χ0n) is 14.1. The first-order chi connectivity index (χ1) is 12.1. The van der Waals surface area contributed by atoms with Crippen LogP contribution in [-0.2, 0) is 4.57 Å². The molecule has 2 atom stereocenters. The highest BCUT2D eigenvalue weighted by Crippen LogP contribution is 2.38. The average Bonchev–Trinajstić information content (AvgIpc) is 2.67. The maximum absolute atomic E-state index is 13.2. The average molecular weight is 345 g/mol. The second-order valence-corrected chi connectivity index (χ2v) is 8.49. The monoisotopic (exact) mass is 345 g/mol. The molecular formula is C22H20NOP. The molecule has 25 heavy (non-hydrogen) atoms. The summed E-state index contributed by atoms with van der Waals surface area (Å²) in [6.45, 7) is 1.75. The summed E-state index contributed by atoms with van der Waals surface area (Å²) in [5, 5.41) is 4.08.